The van der Waals surface area contributed by atoms with E-state index in [0.717, 1.165) is 35.7 Å². The predicted octanol–water partition coefficient (Wildman–Crippen LogP) is 4.32. The van der Waals surface area contributed by atoms with Crippen LogP contribution in [-0.4, -0.2) is 4.98 Å². The molecule has 1 aliphatic rings. The van der Waals surface area contributed by atoms with Crippen LogP contribution in [0, 0.1) is 13.3 Å². The highest BCUT2D eigenvalue weighted by Crippen LogP contribution is 2.34. The smallest absolute Gasteiger partial charge is 0.130 e. The van der Waals surface area contributed by atoms with Gasteiger partial charge in [-0.25, -0.2) is 0 Å². The maximum absolute atomic E-state index is 6.08. The van der Waals surface area contributed by atoms with Crippen LogP contribution < -0.4 is 10.1 Å². The first-order chi connectivity index (χ1) is 12.3. The molecule has 0 amide bonds. The molecule has 0 bridgehead atoms. The molecule has 2 heterocycles. The first kappa shape index (κ1) is 15.9. The third-order valence-corrected chi connectivity index (χ3v) is 4.49. The summed E-state index contributed by atoms with van der Waals surface area (Å²) in [5.74, 6) is 0.863. The molecule has 2 radical (unpaired) electrons. The van der Waals surface area contributed by atoms with Gasteiger partial charge in [-0.05, 0) is 65.9 Å². The maximum atomic E-state index is 6.08. The number of benzene rings is 2. The zero-order chi connectivity index (χ0) is 17.1. The van der Waals surface area contributed by atoms with Crippen molar-refractivity contribution in [2.45, 2.75) is 19.7 Å². The van der Waals surface area contributed by atoms with Gasteiger partial charge in [0.05, 0.1) is 5.69 Å². The summed E-state index contributed by atoms with van der Waals surface area (Å²) >= 11 is 0. The number of hydrogen-bond donors (Lipinski definition) is 1. The average Bonchev–Trinajstić information content (AvgIpc) is 3.15. The highest BCUT2D eigenvalue weighted by atomic mass is 16.5. The SMILES string of the molecule is [CH2][CH]c1ccc(OCc2ccccn2)c(-c2ccc3c(c2)CNC3)c1. The maximum Gasteiger partial charge on any atom is 0.130 e. The summed E-state index contributed by atoms with van der Waals surface area (Å²) in [6, 6.07) is 18.7. The van der Waals surface area contributed by atoms with Crippen molar-refractivity contribution in [3.8, 4) is 16.9 Å². The number of pyridine rings is 1. The Morgan fingerprint density at radius 3 is 2.80 bits per heavy atom. The van der Waals surface area contributed by atoms with Gasteiger partial charge >= 0.3 is 0 Å². The van der Waals surface area contributed by atoms with Crippen LogP contribution in [-0.2, 0) is 19.7 Å². The molecule has 0 saturated carbocycles. The van der Waals surface area contributed by atoms with Gasteiger partial charge in [0, 0.05) is 24.8 Å². The van der Waals surface area contributed by atoms with Gasteiger partial charge in [-0.1, -0.05) is 24.3 Å². The normalized spacial score (nSPS) is 12.8. The summed E-state index contributed by atoms with van der Waals surface area (Å²) in [6.45, 7) is 6.21. The molecule has 3 nitrogen and oxygen atoms in total. The number of rotatable bonds is 5. The number of nitrogens with zero attached hydrogens (tertiary/aromatic N) is 1. The highest BCUT2D eigenvalue weighted by Gasteiger charge is 2.14. The predicted molar refractivity (Wildman–Crippen MR) is 99.7 cm³/mol. The van der Waals surface area contributed by atoms with E-state index in [0.29, 0.717) is 6.61 Å². The summed E-state index contributed by atoms with van der Waals surface area (Å²) in [5, 5.41) is 3.39. The lowest BCUT2D eigenvalue weighted by Gasteiger charge is -2.14. The van der Waals surface area contributed by atoms with Gasteiger partial charge in [-0.2, -0.15) is 0 Å². The van der Waals surface area contributed by atoms with Gasteiger partial charge in [0.2, 0.25) is 0 Å². The van der Waals surface area contributed by atoms with Crippen molar-refractivity contribution in [1.82, 2.24) is 10.3 Å². The van der Waals surface area contributed by atoms with Gasteiger partial charge < -0.3 is 10.1 Å². The number of fused-ring (bicyclic) bond motifs is 1. The quantitative estimate of drug-likeness (QED) is 0.757. The van der Waals surface area contributed by atoms with Crippen LogP contribution in [0.5, 0.6) is 5.75 Å². The average molecular weight is 328 g/mol. The van der Waals surface area contributed by atoms with Gasteiger partial charge in [-0.3, -0.25) is 4.98 Å². The number of aromatic nitrogens is 1. The highest BCUT2D eigenvalue weighted by molar-refractivity contribution is 5.73. The van der Waals surface area contributed by atoms with Gasteiger partial charge in [-0.15, -0.1) is 0 Å². The number of hydrogen-bond acceptors (Lipinski definition) is 3. The fraction of sp³-hybridized carbons (Fsp3) is 0.136. The van der Waals surface area contributed by atoms with Crippen LogP contribution in [0.15, 0.2) is 60.8 Å². The zero-order valence-corrected chi connectivity index (χ0v) is 14.0. The van der Waals surface area contributed by atoms with Crippen LogP contribution in [0.3, 0.4) is 0 Å². The van der Waals surface area contributed by atoms with E-state index in [4.69, 9.17) is 4.74 Å². The van der Waals surface area contributed by atoms with Crippen molar-refractivity contribution >= 4 is 0 Å². The lowest BCUT2D eigenvalue weighted by Crippen LogP contribution is -2.00. The van der Waals surface area contributed by atoms with Gasteiger partial charge in [0.25, 0.3) is 0 Å². The Kier molecular flexibility index (Phi) is 4.49. The van der Waals surface area contributed by atoms with E-state index >= 15 is 0 Å². The van der Waals surface area contributed by atoms with Crippen LogP contribution >= 0.6 is 0 Å². The molecule has 124 valence electrons. The van der Waals surface area contributed by atoms with Crippen molar-refractivity contribution in [2.24, 2.45) is 0 Å². The third-order valence-electron chi connectivity index (χ3n) is 4.49. The lowest BCUT2D eigenvalue weighted by atomic mass is 9.97. The first-order valence-electron chi connectivity index (χ1n) is 8.45. The van der Waals surface area contributed by atoms with E-state index in [1.165, 1.54) is 16.7 Å². The third kappa shape index (κ3) is 3.42. The fourth-order valence-corrected chi connectivity index (χ4v) is 3.12. The zero-order valence-electron chi connectivity index (χ0n) is 14.0. The summed E-state index contributed by atoms with van der Waals surface area (Å²) in [4.78, 5) is 4.33. The van der Waals surface area contributed by atoms with E-state index in [2.05, 4.69) is 41.5 Å². The van der Waals surface area contributed by atoms with Gasteiger partial charge in [0.15, 0.2) is 0 Å². The van der Waals surface area contributed by atoms with Crippen molar-refractivity contribution in [3.63, 3.8) is 0 Å². The second-order valence-corrected chi connectivity index (χ2v) is 6.16. The van der Waals surface area contributed by atoms with Crippen molar-refractivity contribution in [3.05, 3.63) is 96.5 Å². The van der Waals surface area contributed by atoms with Crippen LogP contribution in [0.2, 0.25) is 0 Å². The standard InChI is InChI=1S/C22H20N2O/c1-2-16-6-9-22(25-15-20-5-3-4-10-24-20)21(11-16)17-7-8-18-13-23-14-19(18)12-17/h2-12,23H,1,13-15H2. The van der Waals surface area contributed by atoms with E-state index in [-0.39, 0.29) is 0 Å². The molecule has 1 N–H and O–H groups in total. The minimum absolute atomic E-state index is 0.452. The molecule has 0 fully saturated rings. The summed E-state index contributed by atoms with van der Waals surface area (Å²) in [5.41, 5.74) is 6.99. The Labute approximate surface area is 148 Å². The molecule has 0 aliphatic carbocycles. The molecule has 2 aromatic carbocycles. The molecule has 4 rings (SSSR count). The summed E-state index contributed by atoms with van der Waals surface area (Å²) < 4.78 is 6.08. The van der Waals surface area contributed by atoms with Gasteiger partial charge in [0.1, 0.15) is 12.4 Å². The molecule has 0 atom stereocenters. The fourth-order valence-electron chi connectivity index (χ4n) is 3.12. The molecule has 0 unspecified atom stereocenters. The Morgan fingerprint density at radius 1 is 1.04 bits per heavy atom. The Morgan fingerprint density at radius 2 is 1.96 bits per heavy atom. The van der Waals surface area contributed by atoms with E-state index in [1.807, 2.05) is 36.8 Å². The second-order valence-electron chi connectivity index (χ2n) is 6.16. The van der Waals surface area contributed by atoms with Crippen molar-refractivity contribution in [1.29, 1.82) is 0 Å². The lowest BCUT2D eigenvalue weighted by molar-refractivity contribution is 0.302. The topological polar surface area (TPSA) is 34.1 Å². The largest absolute Gasteiger partial charge is 0.487 e. The number of nitrogens with one attached hydrogen (secondary N) is 1. The molecule has 3 aromatic rings. The van der Waals surface area contributed by atoms with Crippen LogP contribution in [0.4, 0.5) is 0 Å². The minimum Gasteiger partial charge on any atom is -0.487 e. The van der Waals surface area contributed by atoms with Crippen LogP contribution in [0.1, 0.15) is 22.4 Å². The van der Waals surface area contributed by atoms with E-state index < -0.39 is 0 Å². The van der Waals surface area contributed by atoms with Crippen molar-refractivity contribution < 1.29 is 4.74 Å². The molecule has 0 spiro atoms. The second kappa shape index (κ2) is 7.08. The molecule has 25 heavy (non-hydrogen) atoms. The Hall–Kier alpha value is -2.65. The molecular formula is C22H20N2O. The molecule has 1 aromatic heterocycles. The summed E-state index contributed by atoms with van der Waals surface area (Å²) in [7, 11) is 0. The Balaban J connectivity index is 1.67. The monoisotopic (exact) mass is 328 g/mol. The Bertz CT molecular complexity index is 874. The number of ether oxygens (including phenoxy) is 1. The summed E-state index contributed by atoms with van der Waals surface area (Å²) in [6.07, 6.45) is 3.65. The molecular weight excluding hydrogens is 308 g/mol. The van der Waals surface area contributed by atoms with E-state index in [9.17, 15) is 0 Å². The molecule has 0 saturated heterocycles. The van der Waals surface area contributed by atoms with Crippen molar-refractivity contribution in [2.75, 3.05) is 0 Å². The van der Waals surface area contributed by atoms with E-state index in [1.54, 1.807) is 6.20 Å². The van der Waals surface area contributed by atoms with Crippen LogP contribution in [0.25, 0.3) is 11.1 Å². The minimum atomic E-state index is 0.452. The first-order valence-corrected chi connectivity index (χ1v) is 8.45. The molecule has 3 heteroatoms. The molecule has 1 aliphatic heterocycles.